The van der Waals surface area contributed by atoms with Crippen LogP contribution in [0.5, 0.6) is 11.5 Å². The van der Waals surface area contributed by atoms with Gasteiger partial charge in [0.25, 0.3) is 5.91 Å². The summed E-state index contributed by atoms with van der Waals surface area (Å²) in [5.74, 6) is -1.22. The third-order valence-corrected chi connectivity index (χ3v) is 7.05. The van der Waals surface area contributed by atoms with Gasteiger partial charge in [-0.05, 0) is 49.3 Å². The van der Waals surface area contributed by atoms with E-state index in [0.29, 0.717) is 43.2 Å². The van der Waals surface area contributed by atoms with Gasteiger partial charge in [0, 0.05) is 30.6 Å². The number of aliphatic hydroxyl groups excluding tert-OH is 1. The number of carbonyl (C=O) groups is 2. The summed E-state index contributed by atoms with van der Waals surface area (Å²) in [6, 6.07) is 3.24. The molecule has 3 atom stereocenters. The van der Waals surface area contributed by atoms with Crippen LogP contribution in [0.4, 0.5) is 0 Å². The molecule has 9 nitrogen and oxygen atoms in total. The molecule has 2 aliphatic heterocycles. The van der Waals surface area contributed by atoms with Crippen LogP contribution >= 0.6 is 0 Å². The van der Waals surface area contributed by atoms with Gasteiger partial charge in [-0.1, -0.05) is 39.8 Å². The molecule has 0 aromatic heterocycles. The van der Waals surface area contributed by atoms with Gasteiger partial charge in [0.2, 0.25) is 6.79 Å². The average Bonchev–Trinajstić information content (AvgIpc) is 3.45. The molecule has 0 aliphatic carbocycles. The van der Waals surface area contributed by atoms with Gasteiger partial charge in [-0.15, -0.1) is 0 Å². The van der Waals surface area contributed by atoms with Crippen molar-refractivity contribution in [3.8, 4) is 11.5 Å². The van der Waals surface area contributed by atoms with Crippen LogP contribution in [0.15, 0.2) is 24.3 Å². The third-order valence-electron chi connectivity index (χ3n) is 7.05. The Morgan fingerprint density at radius 2 is 2.00 bits per heavy atom. The second-order valence-electron chi connectivity index (χ2n) is 10.6. The van der Waals surface area contributed by atoms with E-state index in [9.17, 15) is 19.8 Å². The van der Waals surface area contributed by atoms with E-state index in [4.69, 9.17) is 14.3 Å². The van der Waals surface area contributed by atoms with Gasteiger partial charge >= 0.3 is 5.97 Å². The Hall–Kier alpha value is -2.62. The van der Waals surface area contributed by atoms with E-state index in [1.165, 1.54) is 5.06 Å². The number of fused-ring (bicyclic) bond motifs is 1. The SMILES string of the molecule is C/C=C/C(C)(C)C[C@H]1[C@H](C(=O)O)[C@@H](c2cc(CO)c3c(c2)OCO3)CN1CC(=O)N(CCC)OCCC. The van der Waals surface area contributed by atoms with Crippen LogP contribution in [0.25, 0.3) is 0 Å². The normalized spacial score (nSPS) is 21.6. The Bertz CT molecular complexity index is 978. The molecule has 1 fully saturated rings. The number of rotatable bonds is 13. The van der Waals surface area contributed by atoms with Crippen molar-refractivity contribution in [3.63, 3.8) is 0 Å². The molecule has 0 saturated carbocycles. The molecule has 1 aromatic carbocycles. The Kier molecular flexibility index (Phi) is 9.98. The molecular formula is C28H42N2O7. The number of carboxylic acid groups (broad SMARTS) is 1. The van der Waals surface area contributed by atoms with Crippen LogP contribution in [0.3, 0.4) is 0 Å². The molecule has 1 aromatic rings. The number of carbonyl (C=O) groups excluding carboxylic acids is 1. The molecule has 9 heteroatoms. The van der Waals surface area contributed by atoms with Gasteiger partial charge in [0.15, 0.2) is 11.5 Å². The molecule has 0 spiro atoms. The maximum Gasteiger partial charge on any atom is 0.308 e. The quantitative estimate of drug-likeness (QED) is 0.299. The van der Waals surface area contributed by atoms with Crippen LogP contribution < -0.4 is 9.47 Å². The number of allylic oxidation sites excluding steroid dienone is 2. The monoisotopic (exact) mass is 518 g/mol. The maximum atomic E-state index is 13.3. The van der Waals surface area contributed by atoms with E-state index in [1.54, 1.807) is 6.07 Å². The number of likely N-dealkylation sites (tertiary alicyclic amines) is 1. The largest absolute Gasteiger partial charge is 0.481 e. The Morgan fingerprint density at radius 1 is 1.24 bits per heavy atom. The Labute approximate surface area is 219 Å². The number of benzene rings is 1. The lowest BCUT2D eigenvalue weighted by atomic mass is 9.77. The first-order valence-corrected chi connectivity index (χ1v) is 13.2. The van der Waals surface area contributed by atoms with Gasteiger partial charge in [-0.3, -0.25) is 19.3 Å². The maximum absolute atomic E-state index is 13.3. The van der Waals surface area contributed by atoms with Crippen LogP contribution in [0.2, 0.25) is 0 Å². The Morgan fingerprint density at radius 3 is 2.62 bits per heavy atom. The first kappa shape index (κ1) is 28.9. The van der Waals surface area contributed by atoms with Gasteiger partial charge in [-0.2, -0.15) is 0 Å². The fourth-order valence-electron chi connectivity index (χ4n) is 5.50. The number of amides is 1. The zero-order valence-electron chi connectivity index (χ0n) is 22.7. The van der Waals surface area contributed by atoms with Gasteiger partial charge in [-0.25, -0.2) is 5.06 Å². The highest BCUT2D eigenvalue weighted by molar-refractivity contribution is 5.78. The second-order valence-corrected chi connectivity index (χ2v) is 10.6. The van der Waals surface area contributed by atoms with Crippen molar-refractivity contribution in [2.45, 2.75) is 72.4 Å². The van der Waals surface area contributed by atoms with Crippen molar-refractivity contribution in [2.24, 2.45) is 11.3 Å². The molecule has 0 bridgehead atoms. The number of nitrogens with zero attached hydrogens (tertiary/aromatic N) is 2. The minimum absolute atomic E-state index is 0.0601. The average molecular weight is 519 g/mol. The fourth-order valence-corrected chi connectivity index (χ4v) is 5.50. The summed E-state index contributed by atoms with van der Waals surface area (Å²) in [5.41, 5.74) is 1.06. The number of ether oxygens (including phenoxy) is 2. The van der Waals surface area contributed by atoms with Crippen molar-refractivity contribution >= 4 is 11.9 Å². The topological polar surface area (TPSA) is 109 Å². The number of hydroxylamine groups is 2. The predicted octanol–water partition coefficient (Wildman–Crippen LogP) is 3.95. The molecule has 37 heavy (non-hydrogen) atoms. The molecular weight excluding hydrogens is 476 g/mol. The summed E-state index contributed by atoms with van der Waals surface area (Å²) >= 11 is 0. The van der Waals surface area contributed by atoms with E-state index >= 15 is 0 Å². The van der Waals surface area contributed by atoms with Crippen molar-refractivity contribution < 1.29 is 34.1 Å². The van der Waals surface area contributed by atoms with E-state index in [1.807, 2.05) is 37.8 Å². The molecule has 0 unspecified atom stereocenters. The van der Waals surface area contributed by atoms with E-state index in [2.05, 4.69) is 19.9 Å². The van der Waals surface area contributed by atoms with Gasteiger partial charge in [0.05, 0.1) is 25.7 Å². The van der Waals surface area contributed by atoms with E-state index in [0.717, 1.165) is 18.4 Å². The number of carboxylic acids is 1. The number of hydrogen-bond acceptors (Lipinski definition) is 7. The lowest BCUT2D eigenvalue weighted by Gasteiger charge is -2.33. The molecule has 1 saturated heterocycles. The molecule has 206 valence electrons. The summed E-state index contributed by atoms with van der Waals surface area (Å²) in [4.78, 5) is 33.8. The highest BCUT2D eigenvalue weighted by atomic mass is 16.7. The smallest absolute Gasteiger partial charge is 0.308 e. The zero-order chi connectivity index (χ0) is 27.2. The number of aliphatic carboxylic acids is 1. The molecule has 2 N–H and O–H groups in total. The van der Waals surface area contributed by atoms with Crippen LogP contribution in [-0.2, 0) is 21.0 Å². The summed E-state index contributed by atoms with van der Waals surface area (Å²) in [6.45, 7) is 11.3. The first-order chi connectivity index (χ1) is 17.6. The molecule has 2 aliphatic rings. The summed E-state index contributed by atoms with van der Waals surface area (Å²) < 4.78 is 11.1. The minimum Gasteiger partial charge on any atom is -0.481 e. The van der Waals surface area contributed by atoms with Crippen LogP contribution in [0.1, 0.15) is 70.9 Å². The minimum atomic E-state index is -0.905. The second kappa shape index (κ2) is 12.8. The van der Waals surface area contributed by atoms with Crippen molar-refractivity contribution in [1.29, 1.82) is 0 Å². The lowest BCUT2D eigenvalue weighted by molar-refractivity contribution is -0.188. The molecule has 1 amide bonds. The lowest BCUT2D eigenvalue weighted by Crippen LogP contribution is -2.45. The van der Waals surface area contributed by atoms with E-state index < -0.39 is 17.8 Å². The van der Waals surface area contributed by atoms with Gasteiger partial charge < -0.3 is 19.7 Å². The predicted molar refractivity (Wildman–Crippen MR) is 139 cm³/mol. The molecule has 0 radical (unpaired) electrons. The molecule has 2 heterocycles. The Balaban J connectivity index is 1.98. The fraction of sp³-hybridized carbons (Fsp3) is 0.643. The van der Waals surface area contributed by atoms with Crippen LogP contribution in [-0.4, -0.2) is 71.1 Å². The summed E-state index contributed by atoms with van der Waals surface area (Å²) in [5, 5.41) is 21.8. The summed E-state index contributed by atoms with van der Waals surface area (Å²) in [7, 11) is 0. The number of aliphatic hydroxyl groups is 1. The first-order valence-electron chi connectivity index (χ1n) is 13.2. The highest BCUT2D eigenvalue weighted by Crippen LogP contribution is 2.46. The highest BCUT2D eigenvalue weighted by Gasteiger charge is 2.49. The number of hydrogen-bond donors (Lipinski definition) is 2. The summed E-state index contributed by atoms with van der Waals surface area (Å²) in [6.07, 6.45) is 6.17. The molecule has 3 rings (SSSR count). The van der Waals surface area contributed by atoms with Crippen LogP contribution in [0, 0.1) is 11.3 Å². The van der Waals surface area contributed by atoms with Crippen molar-refractivity contribution in [2.75, 3.05) is 33.0 Å². The van der Waals surface area contributed by atoms with Gasteiger partial charge in [0.1, 0.15) is 0 Å². The standard InChI is InChI=1S/C28H42N2O7/c1-6-9-28(4,5)14-22-25(27(33)34)21(19-12-20(17-31)26-23(13-19)35-18-36-26)15-29(22)16-24(32)30(10-7-2)37-11-8-3/h6,9,12-13,21-22,25,31H,7-8,10-11,14-18H2,1-5H3,(H,33,34)/b9-6+/t21-,22+,25-/m1/s1. The van der Waals surface area contributed by atoms with E-state index in [-0.39, 0.29) is 37.3 Å². The third kappa shape index (κ3) is 6.83. The van der Waals surface area contributed by atoms with Crippen molar-refractivity contribution in [3.05, 3.63) is 35.4 Å². The zero-order valence-corrected chi connectivity index (χ0v) is 22.7. The van der Waals surface area contributed by atoms with Crippen molar-refractivity contribution in [1.82, 2.24) is 9.96 Å².